The van der Waals surface area contributed by atoms with Crippen LogP contribution in [0.1, 0.15) is 61.6 Å². The molecule has 4 atom stereocenters. The molecular weight excluding hydrogens is 366 g/mol. The molecule has 6 nitrogen and oxygen atoms in total. The molecule has 148 valence electrons. The lowest BCUT2D eigenvalue weighted by atomic mass is 9.55. The molecule has 7 heteroatoms. The van der Waals surface area contributed by atoms with Crippen LogP contribution in [0.2, 0.25) is 0 Å². The number of carbonyl (C=O) groups is 1. The zero-order valence-electron chi connectivity index (χ0n) is 15.9. The number of hydrogen-bond donors (Lipinski definition) is 1. The van der Waals surface area contributed by atoms with Crippen LogP contribution < -0.4 is 10.1 Å². The monoisotopic (exact) mass is 393 g/mol. The molecule has 2 fully saturated rings. The van der Waals surface area contributed by atoms with Crippen molar-refractivity contribution in [2.45, 2.75) is 58.0 Å². The maximum atomic E-state index is 12.5. The van der Waals surface area contributed by atoms with Crippen molar-refractivity contribution in [3.63, 3.8) is 0 Å². The number of fused-ring (bicyclic) bond motifs is 5. The van der Waals surface area contributed by atoms with Crippen LogP contribution in [0, 0.1) is 17.3 Å². The van der Waals surface area contributed by atoms with Gasteiger partial charge in [0.2, 0.25) is 0 Å². The molecule has 27 heavy (non-hydrogen) atoms. The Morgan fingerprint density at radius 2 is 2.11 bits per heavy atom. The zero-order chi connectivity index (χ0) is 19.0. The van der Waals surface area contributed by atoms with Gasteiger partial charge >= 0.3 is 0 Å². The Balaban J connectivity index is 1.64. The van der Waals surface area contributed by atoms with Gasteiger partial charge in [-0.2, -0.15) is 5.90 Å². The van der Waals surface area contributed by atoms with Crippen molar-refractivity contribution in [1.29, 1.82) is 0 Å². The second-order valence-electron chi connectivity index (χ2n) is 8.24. The molecule has 4 rings (SSSR count). The first kappa shape index (κ1) is 19.2. The molecule has 2 N–H and O–H groups in total. The van der Waals surface area contributed by atoms with E-state index in [1.54, 1.807) is 7.11 Å². The third-order valence-electron chi connectivity index (χ3n) is 7.11. The number of carbonyl (C=O) groups excluding carboxylic acids is 1. The van der Waals surface area contributed by atoms with E-state index >= 15 is 0 Å². The molecule has 0 heterocycles. The zero-order valence-corrected chi connectivity index (χ0v) is 16.7. The largest absolute Gasteiger partial charge is 0.398 e. The predicted molar refractivity (Wildman–Crippen MR) is 101 cm³/mol. The minimum Gasteiger partial charge on any atom is -0.398 e. The van der Waals surface area contributed by atoms with Gasteiger partial charge in [0, 0.05) is 24.5 Å². The van der Waals surface area contributed by atoms with Gasteiger partial charge in [0.15, 0.2) is 0 Å². The number of Topliss-reactive ketones (excluding diaryl/α,β-unsaturated/α-hetero) is 1. The Kier molecular flexibility index (Phi) is 5.49. The Hall–Kier alpha value is -1.12. The fraction of sp³-hybridized carbons (Fsp3) is 0.650. The van der Waals surface area contributed by atoms with Crippen molar-refractivity contribution in [3.8, 4) is 5.75 Å². The van der Waals surface area contributed by atoms with Gasteiger partial charge in [-0.15, -0.1) is 9.32 Å². The van der Waals surface area contributed by atoms with Crippen molar-refractivity contribution < 1.29 is 23.0 Å². The van der Waals surface area contributed by atoms with Crippen LogP contribution in [0.5, 0.6) is 5.75 Å². The van der Waals surface area contributed by atoms with E-state index in [4.69, 9.17) is 14.8 Å². The lowest BCUT2D eigenvalue weighted by Gasteiger charge is -2.48. The first-order valence-corrected chi connectivity index (χ1v) is 10.3. The van der Waals surface area contributed by atoms with Crippen molar-refractivity contribution in [2.24, 2.45) is 23.1 Å². The van der Waals surface area contributed by atoms with Gasteiger partial charge in [0.05, 0.1) is 6.61 Å². The number of ether oxygens (including phenoxy) is 1. The number of methoxy groups -OCH3 is 1. The summed E-state index contributed by atoms with van der Waals surface area (Å²) in [6, 6.07) is 4.33. The molecule has 1 aromatic carbocycles. The molecule has 0 amide bonds. The minimum absolute atomic E-state index is 0.0900. The second kappa shape index (κ2) is 7.72. The summed E-state index contributed by atoms with van der Waals surface area (Å²) in [5.41, 5.74) is 3.63. The van der Waals surface area contributed by atoms with Crippen molar-refractivity contribution in [1.82, 2.24) is 0 Å². The first-order chi connectivity index (χ1) is 13.1. The Labute approximate surface area is 164 Å². The molecule has 1 aromatic rings. The molecule has 0 bridgehead atoms. The standard InChI is InChI=1S/C20H27NO5S/c1-20-8-7-14-15(17(20)5-6-19(20)22)4-3-12-10-18(24-27-26-25-21)13(11-23-2)9-16(12)14/h9-10,14-15,17H,3-8,11,21H2,1-2H3. The van der Waals surface area contributed by atoms with E-state index in [0.29, 0.717) is 48.2 Å². The fourth-order valence-corrected chi connectivity index (χ4v) is 6.12. The maximum absolute atomic E-state index is 12.5. The van der Waals surface area contributed by atoms with Gasteiger partial charge < -0.3 is 8.92 Å². The van der Waals surface area contributed by atoms with Gasteiger partial charge in [0.1, 0.15) is 11.5 Å². The van der Waals surface area contributed by atoms with E-state index in [9.17, 15) is 4.79 Å². The molecule has 0 radical (unpaired) electrons. The third kappa shape index (κ3) is 3.29. The second-order valence-corrected chi connectivity index (χ2v) is 8.68. The third-order valence-corrected chi connectivity index (χ3v) is 7.49. The molecule has 3 aliphatic carbocycles. The van der Waals surface area contributed by atoms with Gasteiger partial charge in [-0.05, 0) is 73.1 Å². The number of rotatable bonds is 6. The van der Waals surface area contributed by atoms with E-state index < -0.39 is 0 Å². The Morgan fingerprint density at radius 1 is 1.26 bits per heavy atom. The summed E-state index contributed by atoms with van der Waals surface area (Å²) >= 11 is 0.692. The molecule has 4 unspecified atom stereocenters. The van der Waals surface area contributed by atoms with Crippen molar-refractivity contribution >= 4 is 18.1 Å². The Bertz CT molecular complexity index is 727. The van der Waals surface area contributed by atoms with E-state index in [0.717, 1.165) is 44.1 Å². The van der Waals surface area contributed by atoms with Gasteiger partial charge in [0.25, 0.3) is 12.3 Å². The van der Waals surface area contributed by atoms with Crippen LogP contribution in [0.25, 0.3) is 0 Å². The van der Waals surface area contributed by atoms with E-state index in [1.165, 1.54) is 11.1 Å². The fourth-order valence-electron chi connectivity index (χ4n) is 5.83. The highest BCUT2D eigenvalue weighted by Crippen LogP contribution is 2.59. The highest BCUT2D eigenvalue weighted by Gasteiger charge is 2.54. The SMILES string of the molecule is COCc1cc2c(cc1OSOON)CCC1C2CCC2(C)C(=O)CCC12. The molecule has 0 spiro atoms. The Morgan fingerprint density at radius 3 is 2.89 bits per heavy atom. The summed E-state index contributed by atoms with van der Waals surface area (Å²) in [5.74, 6) is 7.73. The summed E-state index contributed by atoms with van der Waals surface area (Å²) < 4.78 is 15.5. The lowest BCUT2D eigenvalue weighted by molar-refractivity contribution is -0.199. The van der Waals surface area contributed by atoms with Crippen LogP contribution in [0.4, 0.5) is 0 Å². The summed E-state index contributed by atoms with van der Waals surface area (Å²) in [4.78, 5) is 16.6. The van der Waals surface area contributed by atoms with Crippen LogP contribution in [-0.2, 0) is 31.9 Å². The predicted octanol–water partition coefficient (Wildman–Crippen LogP) is 4.02. The van der Waals surface area contributed by atoms with Crippen LogP contribution in [0.15, 0.2) is 12.1 Å². The van der Waals surface area contributed by atoms with Crippen molar-refractivity contribution in [2.75, 3.05) is 7.11 Å². The number of ketones is 1. The number of benzene rings is 1. The number of aryl methyl sites for hydroxylation is 1. The minimum atomic E-state index is -0.0900. The van der Waals surface area contributed by atoms with Gasteiger partial charge in [-0.3, -0.25) is 4.79 Å². The highest BCUT2D eigenvalue weighted by molar-refractivity contribution is 7.90. The van der Waals surface area contributed by atoms with Gasteiger partial charge in [-0.25, -0.2) is 0 Å². The first-order valence-electron chi connectivity index (χ1n) is 9.63. The average Bonchev–Trinajstić information content (AvgIpc) is 2.97. The van der Waals surface area contributed by atoms with E-state index in [1.807, 2.05) is 0 Å². The highest BCUT2D eigenvalue weighted by atomic mass is 32.2. The molecule has 0 aromatic heterocycles. The van der Waals surface area contributed by atoms with Gasteiger partial charge in [-0.1, -0.05) is 6.92 Å². The summed E-state index contributed by atoms with van der Waals surface area (Å²) in [6.07, 6.45) is 6.07. The normalized spacial score (nSPS) is 32.0. The maximum Gasteiger partial charge on any atom is 0.260 e. The van der Waals surface area contributed by atoms with Crippen LogP contribution >= 0.6 is 12.3 Å². The molecule has 3 aliphatic rings. The molecule has 0 aliphatic heterocycles. The lowest BCUT2D eigenvalue weighted by Crippen LogP contribution is -2.42. The average molecular weight is 394 g/mol. The van der Waals surface area contributed by atoms with E-state index in [2.05, 4.69) is 28.4 Å². The van der Waals surface area contributed by atoms with E-state index in [-0.39, 0.29) is 5.41 Å². The molecule has 2 saturated carbocycles. The number of hydrogen-bond acceptors (Lipinski definition) is 7. The van der Waals surface area contributed by atoms with Crippen LogP contribution in [-0.4, -0.2) is 12.9 Å². The summed E-state index contributed by atoms with van der Waals surface area (Å²) in [5, 5.41) is 0. The quantitative estimate of drug-likeness (QED) is 0.338. The summed E-state index contributed by atoms with van der Waals surface area (Å²) in [6.45, 7) is 2.67. The number of nitrogens with two attached hydrogens (primary N) is 1. The molecular formula is C20H27NO5S. The topological polar surface area (TPSA) is 80.0 Å². The smallest absolute Gasteiger partial charge is 0.260 e. The van der Waals surface area contributed by atoms with Crippen LogP contribution in [0.3, 0.4) is 0 Å². The van der Waals surface area contributed by atoms with Crippen molar-refractivity contribution in [3.05, 3.63) is 28.8 Å². The molecule has 0 saturated heterocycles. The summed E-state index contributed by atoms with van der Waals surface area (Å²) in [7, 11) is 1.68.